The van der Waals surface area contributed by atoms with Crippen molar-refractivity contribution in [3.63, 3.8) is 0 Å². The lowest BCUT2D eigenvalue weighted by Crippen LogP contribution is -2.45. The lowest BCUT2D eigenvalue weighted by molar-refractivity contribution is 0.246. The molecule has 0 aromatic rings. The Morgan fingerprint density at radius 1 is 1.65 bits per heavy atom. The summed E-state index contributed by atoms with van der Waals surface area (Å²) in [6.45, 7) is 2.40. The van der Waals surface area contributed by atoms with Crippen molar-refractivity contribution in [2.24, 2.45) is 0 Å². The molecular formula is C10H19N3O3S. The maximum Gasteiger partial charge on any atom is 0.230 e. The van der Waals surface area contributed by atoms with Gasteiger partial charge in [-0.3, -0.25) is 0 Å². The van der Waals surface area contributed by atoms with Crippen LogP contribution in [0, 0.1) is 11.3 Å². The Kier molecular flexibility index (Phi) is 5.33. The van der Waals surface area contributed by atoms with Crippen molar-refractivity contribution < 1.29 is 13.5 Å². The third-order valence-electron chi connectivity index (χ3n) is 2.92. The van der Waals surface area contributed by atoms with Gasteiger partial charge in [0.15, 0.2) is 5.25 Å². The highest BCUT2D eigenvalue weighted by atomic mass is 32.2. The van der Waals surface area contributed by atoms with E-state index in [9.17, 15) is 8.42 Å². The van der Waals surface area contributed by atoms with Crippen LogP contribution in [-0.2, 0) is 10.0 Å². The fourth-order valence-corrected chi connectivity index (χ4v) is 3.19. The van der Waals surface area contributed by atoms with E-state index in [1.54, 1.807) is 6.07 Å². The molecule has 1 saturated heterocycles. The molecule has 0 bridgehead atoms. The van der Waals surface area contributed by atoms with E-state index in [-0.39, 0.29) is 19.2 Å². The molecule has 0 radical (unpaired) electrons. The van der Waals surface area contributed by atoms with Gasteiger partial charge in [0.2, 0.25) is 10.0 Å². The number of nitriles is 1. The standard InChI is InChI=1S/C10H19N3O3S/c1-9(7-11)17(15,16)13(5-6-14)8-10-3-2-4-12-10/h9-10,12,14H,2-6,8H2,1H3. The summed E-state index contributed by atoms with van der Waals surface area (Å²) in [6.07, 6.45) is 1.96. The zero-order valence-electron chi connectivity index (χ0n) is 9.96. The summed E-state index contributed by atoms with van der Waals surface area (Å²) < 4.78 is 25.2. The Morgan fingerprint density at radius 3 is 2.82 bits per heavy atom. The van der Waals surface area contributed by atoms with Crippen molar-refractivity contribution in [1.82, 2.24) is 9.62 Å². The lowest BCUT2D eigenvalue weighted by atomic mass is 10.2. The molecule has 2 atom stereocenters. The van der Waals surface area contributed by atoms with Crippen LogP contribution in [0.3, 0.4) is 0 Å². The molecule has 0 saturated carbocycles. The van der Waals surface area contributed by atoms with Crippen molar-refractivity contribution in [3.05, 3.63) is 0 Å². The highest BCUT2D eigenvalue weighted by Crippen LogP contribution is 2.13. The number of sulfonamides is 1. The van der Waals surface area contributed by atoms with Crippen molar-refractivity contribution in [2.75, 3.05) is 26.2 Å². The summed E-state index contributed by atoms with van der Waals surface area (Å²) in [7, 11) is -3.63. The molecule has 0 amide bonds. The van der Waals surface area contributed by atoms with Gasteiger partial charge in [-0.25, -0.2) is 8.42 Å². The summed E-state index contributed by atoms with van der Waals surface area (Å²) in [6, 6.07) is 1.86. The second kappa shape index (κ2) is 6.31. The van der Waals surface area contributed by atoms with Gasteiger partial charge in [-0.2, -0.15) is 9.57 Å². The fraction of sp³-hybridized carbons (Fsp3) is 0.900. The fourth-order valence-electron chi connectivity index (χ4n) is 1.88. The van der Waals surface area contributed by atoms with Crippen LogP contribution in [-0.4, -0.2) is 55.4 Å². The minimum Gasteiger partial charge on any atom is -0.395 e. The zero-order chi connectivity index (χ0) is 12.9. The maximum atomic E-state index is 12.0. The Labute approximate surface area is 102 Å². The van der Waals surface area contributed by atoms with Crippen LogP contribution in [0.25, 0.3) is 0 Å². The molecule has 2 unspecified atom stereocenters. The highest BCUT2D eigenvalue weighted by molar-refractivity contribution is 7.89. The Hall–Kier alpha value is -0.680. The maximum absolute atomic E-state index is 12.0. The summed E-state index contributed by atoms with van der Waals surface area (Å²) in [5, 5.41) is 19.8. The van der Waals surface area contributed by atoms with Crippen molar-refractivity contribution in [3.8, 4) is 6.07 Å². The average molecular weight is 261 g/mol. The molecule has 2 N–H and O–H groups in total. The first kappa shape index (κ1) is 14.4. The molecular weight excluding hydrogens is 242 g/mol. The van der Waals surface area contributed by atoms with E-state index in [2.05, 4.69) is 5.32 Å². The Bertz CT molecular complexity index is 371. The number of aliphatic hydroxyl groups is 1. The number of rotatable bonds is 6. The zero-order valence-corrected chi connectivity index (χ0v) is 10.8. The van der Waals surface area contributed by atoms with Crippen molar-refractivity contribution >= 4 is 10.0 Å². The van der Waals surface area contributed by atoms with Gasteiger partial charge in [-0.05, 0) is 26.3 Å². The van der Waals surface area contributed by atoms with Crippen LogP contribution in [0.1, 0.15) is 19.8 Å². The Balaban J connectivity index is 2.74. The lowest BCUT2D eigenvalue weighted by Gasteiger charge is -2.25. The van der Waals surface area contributed by atoms with Gasteiger partial charge in [0.05, 0.1) is 12.7 Å². The van der Waals surface area contributed by atoms with Gasteiger partial charge in [-0.15, -0.1) is 0 Å². The number of aliphatic hydroxyl groups excluding tert-OH is 1. The SMILES string of the molecule is CC(C#N)S(=O)(=O)N(CCO)CC1CCCN1. The quantitative estimate of drug-likeness (QED) is 0.658. The molecule has 0 aromatic carbocycles. The largest absolute Gasteiger partial charge is 0.395 e. The number of nitrogens with one attached hydrogen (secondary N) is 1. The smallest absolute Gasteiger partial charge is 0.230 e. The van der Waals surface area contributed by atoms with Gasteiger partial charge in [0, 0.05) is 19.1 Å². The van der Waals surface area contributed by atoms with E-state index in [0.717, 1.165) is 19.4 Å². The van der Waals surface area contributed by atoms with E-state index in [4.69, 9.17) is 10.4 Å². The van der Waals surface area contributed by atoms with Crippen LogP contribution in [0.4, 0.5) is 0 Å². The first-order valence-corrected chi connectivity index (χ1v) is 7.25. The van der Waals surface area contributed by atoms with Crippen LogP contribution >= 0.6 is 0 Å². The molecule has 0 aromatic heterocycles. The van der Waals surface area contributed by atoms with E-state index >= 15 is 0 Å². The average Bonchev–Trinajstić information content (AvgIpc) is 2.80. The summed E-state index contributed by atoms with van der Waals surface area (Å²) in [4.78, 5) is 0. The molecule has 1 aliphatic rings. The van der Waals surface area contributed by atoms with Gasteiger partial charge in [-0.1, -0.05) is 0 Å². The third-order valence-corrected chi connectivity index (χ3v) is 4.97. The van der Waals surface area contributed by atoms with Crippen molar-refractivity contribution in [1.29, 1.82) is 5.26 Å². The van der Waals surface area contributed by atoms with Gasteiger partial charge in [0.25, 0.3) is 0 Å². The second-order valence-corrected chi connectivity index (χ2v) is 6.44. The Morgan fingerprint density at radius 2 is 2.35 bits per heavy atom. The topological polar surface area (TPSA) is 93.4 Å². The minimum atomic E-state index is -3.63. The molecule has 1 rings (SSSR count). The summed E-state index contributed by atoms with van der Waals surface area (Å²) >= 11 is 0. The van der Waals surface area contributed by atoms with Crippen LogP contribution in [0.15, 0.2) is 0 Å². The number of nitrogens with zero attached hydrogens (tertiary/aromatic N) is 2. The van der Waals surface area contributed by atoms with E-state index in [1.165, 1.54) is 11.2 Å². The first-order valence-electron chi connectivity index (χ1n) is 5.75. The predicted molar refractivity (Wildman–Crippen MR) is 63.7 cm³/mol. The molecule has 0 spiro atoms. The van der Waals surface area contributed by atoms with Crippen molar-refractivity contribution in [2.45, 2.75) is 31.1 Å². The van der Waals surface area contributed by atoms with E-state index in [0.29, 0.717) is 6.54 Å². The molecule has 1 aliphatic heterocycles. The molecule has 6 nitrogen and oxygen atoms in total. The monoisotopic (exact) mass is 261 g/mol. The normalized spacial score (nSPS) is 22.6. The molecule has 98 valence electrons. The van der Waals surface area contributed by atoms with E-state index in [1.807, 2.05) is 0 Å². The molecule has 7 heteroatoms. The predicted octanol–water partition coefficient (Wildman–Crippen LogP) is -0.725. The van der Waals surface area contributed by atoms with Gasteiger partial charge in [0.1, 0.15) is 0 Å². The van der Waals surface area contributed by atoms with E-state index < -0.39 is 15.3 Å². The molecule has 1 fully saturated rings. The highest BCUT2D eigenvalue weighted by Gasteiger charge is 2.30. The van der Waals surface area contributed by atoms with Crippen LogP contribution < -0.4 is 5.32 Å². The van der Waals surface area contributed by atoms with Crippen LogP contribution in [0.2, 0.25) is 0 Å². The molecule has 1 heterocycles. The number of hydrogen-bond acceptors (Lipinski definition) is 5. The summed E-state index contributed by atoms with van der Waals surface area (Å²) in [5.74, 6) is 0. The van der Waals surface area contributed by atoms with Gasteiger partial charge < -0.3 is 10.4 Å². The third kappa shape index (κ3) is 3.64. The van der Waals surface area contributed by atoms with Gasteiger partial charge >= 0.3 is 0 Å². The summed E-state index contributed by atoms with van der Waals surface area (Å²) in [5.41, 5.74) is 0. The molecule has 0 aliphatic carbocycles. The minimum absolute atomic E-state index is 0.0481. The number of hydrogen-bond donors (Lipinski definition) is 2. The molecule has 17 heavy (non-hydrogen) atoms. The second-order valence-electron chi connectivity index (χ2n) is 4.19. The first-order chi connectivity index (χ1) is 8.02. The van der Waals surface area contributed by atoms with Crippen LogP contribution in [0.5, 0.6) is 0 Å².